The fourth-order valence-corrected chi connectivity index (χ4v) is 3.84. The van der Waals surface area contributed by atoms with Crippen LogP contribution in [0.15, 0.2) is 16.6 Å². The van der Waals surface area contributed by atoms with E-state index in [1.807, 2.05) is 11.6 Å². The molecule has 1 unspecified atom stereocenters. The predicted molar refractivity (Wildman–Crippen MR) is 95.2 cm³/mol. The summed E-state index contributed by atoms with van der Waals surface area (Å²) in [5.41, 5.74) is 6.14. The minimum atomic E-state index is 0.446. The molecule has 2 aliphatic heterocycles. The highest BCUT2D eigenvalue weighted by atomic mass is 32.1. The number of nitrogens with two attached hydrogens (primary N) is 1. The number of ether oxygens (including phenoxy) is 1. The van der Waals surface area contributed by atoms with Crippen molar-refractivity contribution in [1.29, 1.82) is 0 Å². The topological polar surface area (TPSA) is 67.0 Å². The summed E-state index contributed by atoms with van der Waals surface area (Å²) in [4.78, 5) is 13.4. The van der Waals surface area contributed by atoms with Gasteiger partial charge < -0.3 is 20.3 Å². The molecular formula is C16H27N5OS. The first-order valence-corrected chi connectivity index (χ1v) is 9.52. The smallest absolute Gasteiger partial charge is 0.191 e. The quantitative estimate of drug-likeness (QED) is 0.505. The Balaban J connectivity index is 1.36. The first-order chi connectivity index (χ1) is 11.3. The molecule has 0 aliphatic carbocycles. The number of hydrogen-bond donors (Lipinski definition) is 1. The Morgan fingerprint density at radius 3 is 2.91 bits per heavy atom. The monoisotopic (exact) mass is 337 g/mol. The fraction of sp³-hybridized carbons (Fsp3) is 0.750. The zero-order valence-corrected chi connectivity index (χ0v) is 14.5. The highest BCUT2D eigenvalue weighted by Crippen LogP contribution is 2.19. The summed E-state index contributed by atoms with van der Waals surface area (Å²) in [6.07, 6.45) is 8.20. The van der Waals surface area contributed by atoms with E-state index in [1.165, 1.54) is 19.3 Å². The number of piperazine rings is 1. The second kappa shape index (κ2) is 8.49. The molecule has 0 saturated carbocycles. The maximum Gasteiger partial charge on any atom is 0.191 e. The highest BCUT2D eigenvalue weighted by Gasteiger charge is 2.19. The lowest BCUT2D eigenvalue weighted by atomic mass is 10.1. The third-order valence-corrected chi connectivity index (χ3v) is 5.36. The van der Waals surface area contributed by atoms with E-state index in [0.29, 0.717) is 12.1 Å². The molecule has 1 aromatic heterocycles. The lowest BCUT2D eigenvalue weighted by Gasteiger charge is -2.35. The molecule has 3 heterocycles. The molecule has 2 saturated heterocycles. The Hall–Kier alpha value is -1.34. The largest absolute Gasteiger partial charge is 0.378 e. The maximum absolute atomic E-state index is 6.14. The number of hydrogen-bond acceptors (Lipinski definition) is 5. The summed E-state index contributed by atoms with van der Waals surface area (Å²) in [7, 11) is 0. The molecule has 2 fully saturated rings. The van der Waals surface area contributed by atoms with E-state index in [2.05, 4.69) is 19.8 Å². The van der Waals surface area contributed by atoms with E-state index < -0.39 is 0 Å². The van der Waals surface area contributed by atoms with E-state index in [0.717, 1.165) is 57.3 Å². The van der Waals surface area contributed by atoms with Crippen LogP contribution in [-0.2, 0) is 4.74 Å². The molecule has 23 heavy (non-hydrogen) atoms. The van der Waals surface area contributed by atoms with E-state index in [-0.39, 0.29) is 0 Å². The van der Waals surface area contributed by atoms with E-state index in [1.54, 1.807) is 11.3 Å². The van der Waals surface area contributed by atoms with Crippen molar-refractivity contribution in [3.05, 3.63) is 11.6 Å². The summed E-state index contributed by atoms with van der Waals surface area (Å²) >= 11 is 1.69. The van der Waals surface area contributed by atoms with Crippen LogP contribution in [0.4, 0.5) is 5.13 Å². The average molecular weight is 337 g/mol. The van der Waals surface area contributed by atoms with Gasteiger partial charge in [-0.15, -0.1) is 11.3 Å². The summed E-state index contributed by atoms with van der Waals surface area (Å²) in [5.74, 6) is 0.688. The van der Waals surface area contributed by atoms with Gasteiger partial charge in [-0.3, -0.25) is 4.99 Å². The van der Waals surface area contributed by atoms with Crippen LogP contribution in [0.3, 0.4) is 0 Å². The van der Waals surface area contributed by atoms with Gasteiger partial charge in [0.15, 0.2) is 11.1 Å². The van der Waals surface area contributed by atoms with Crippen LogP contribution in [0.1, 0.15) is 32.1 Å². The van der Waals surface area contributed by atoms with Gasteiger partial charge in [0.2, 0.25) is 0 Å². The Morgan fingerprint density at radius 1 is 1.35 bits per heavy atom. The van der Waals surface area contributed by atoms with Crippen LogP contribution in [0, 0.1) is 0 Å². The summed E-state index contributed by atoms with van der Waals surface area (Å²) in [6, 6.07) is 0. The predicted octanol–water partition coefficient (Wildman–Crippen LogP) is 1.93. The van der Waals surface area contributed by atoms with Gasteiger partial charge in [-0.2, -0.15) is 0 Å². The standard InChI is InChI=1S/C16H27N5OS/c17-15(18-6-3-5-14-4-1-2-12-22-14)20-8-10-21(11-9-20)16-19-7-13-23-16/h7,13-14H,1-6,8-12H2,(H2,17,18). The van der Waals surface area contributed by atoms with Crippen LogP contribution in [0.25, 0.3) is 0 Å². The van der Waals surface area contributed by atoms with Crippen molar-refractivity contribution in [1.82, 2.24) is 9.88 Å². The number of aliphatic imine (C=N–C) groups is 1. The number of thiazole rings is 1. The average Bonchev–Trinajstić information content (AvgIpc) is 3.14. The Labute approximate surface area is 142 Å². The molecule has 0 radical (unpaired) electrons. The van der Waals surface area contributed by atoms with Gasteiger partial charge in [-0.25, -0.2) is 4.98 Å². The minimum Gasteiger partial charge on any atom is -0.378 e. The maximum atomic E-state index is 6.14. The second-order valence-corrected chi connectivity index (χ2v) is 7.03. The third kappa shape index (κ3) is 4.81. The molecule has 6 nitrogen and oxygen atoms in total. The molecule has 2 N–H and O–H groups in total. The minimum absolute atomic E-state index is 0.446. The first-order valence-electron chi connectivity index (χ1n) is 8.64. The molecule has 0 aromatic carbocycles. The molecule has 2 aliphatic rings. The van der Waals surface area contributed by atoms with Gasteiger partial charge in [0, 0.05) is 50.9 Å². The summed E-state index contributed by atoms with van der Waals surface area (Å²) in [6.45, 7) is 5.48. The first kappa shape index (κ1) is 16.5. The van der Waals surface area contributed by atoms with Crippen molar-refractivity contribution in [2.45, 2.75) is 38.2 Å². The van der Waals surface area contributed by atoms with Gasteiger partial charge in [-0.05, 0) is 32.1 Å². The zero-order chi connectivity index (χ0) is 15.9. The molecule has 128 valence electrons. The number of anilines is 1. The molecule has 7 heteroatoms. The normalized spacial score (nSPS) is 23.3. The molecule has 0 bridgehead atoms. The summed E-state index contributed by atoms with van der Waals surface area (Å²) < 4.78 is 5.75. The van der Waals surface area contributed by atoms with E-state index in [9.17, 15) is 0 Å². The third-order valence-electron chi connectivity index (χ3n) is 4.53. The van der Waals surface area contributed by atoms with Gasteiger partial charge in [-0.1, -0.05) is 0 Å². The number of aromatic nitrogens is 1. The van der Waals surface area contributed by atoms with Crippen molar-refractivity contribution < 1.29 is 4.74 Å². The van der Waals surface area contributed by atoms with Gasteiger partial charge in [0.25, 0.3) is 0 Å². The van der Waals surface area contributed by atoms with Crippen LogP contribution in [0.2, 0.25) is 0 Å². The van der Waals surface area contributed by atoms with E-state index in [4.69, 9.17) is 10.5 Å². The molecule has 0 spiro atoms. The second-order valence-electron chi connectivity index (χ2n) is 6.16. The number of guanidine groups is 1. The highest BCUT2D eigenvalue weighted by molar-refractivity contribution is 7.13. The van der Waals surface area contributed by atoms with Crippen LogP contribution in [0.5, 0.6) is 0 Å². The van der Waals surface area contributed by atoms with Crippen molar-refractivity contribution in [3.8, 4) is 0 Å². The molecule has 1 atom stereocenters. The van der Waals surface area contributed by atoms with Gasteiger partial charge in [0.1, 0.15) is 0 Å². The number of rotatable bonds is 5. The Morgan fingerprint density at radius 2 is 2.22 bits per heavy atom. The zero-order valence-electron chi connectivity index (χ0n) is 13.7. The van der Waals surface area contributed by atoms with Crippen molar-refractivity contribution in [3.63, 3.8) is 0 Å². The lowest BCUT2D eigenvalue weighted by molar-refractivity contribution is 0.0105. The lowest BCUT2D eigenvalue weighted by Crippen LogP contribution is -2.51. The van der Waals surface area contributed by atoms with Crippen molar-refractivity contribution in [2.24, 2.45) is 10.7 Å². The molecule has 3 rings (SSSR count). The van der Waals surface area contributed by atoms with Crippen LogP contribution < -0.4 is 10.6 Å². The van der Waals surface area contributed by atoms with Crippen molar-refractivity contribution in [2.75, 3.05) is 44.2 Å². The molecule has 1 aromatic rings. The van der Waals surface area contributed by atoms with Gasteiger partial charge in [0.05, 0.1) is 6.10 Å². The fourth-order valence-electron chi connectivity index (χ4n) is 3.15. The SMILES string of the molecule is NC(=NCCCC1CCCCO1)N1CCN(c2nccs2)CC1. The number of nitrogens with zero attached hydrogens (tertiary/aromatic N) is 4. The Kier molecular flexibility index (Phi) is 6.10. The Bertz CT molecular complexity index is 479. The molecular weight excluding hydrogens is 310 g/mol. The van der Waals surface area contributed by atoms with Crippen molar-refractivity contribution >= 4 is 22.4 Å². The van der Waals surface area contributed by atoms with Crippen LogP contribution in [-0.4, -0.2) is 61.3 Å². The van der Waals surface area contributed by atoms with Crippen LogP contribution >= 0.6 is 11.3 Å². The van der Waals surface area contributed by atoms with E-state index >= 15 is 0 Å². The summed E-state index contributed by atoms with van der Waals surface area (Å²) in [5, 5.41) is 3.13. The molecule has 0 amide bonds. The van der Waals surface area contributed by atoms with Gasteiger partial charge >= 0.3 is 0 Å².